The van der Waals surface area contributed by atoms with Crippen LogP contribution in [0, 0.1) is 0 Å². The smallest absolute Gasteiger partial charge is 0.455 e. The zero-order valence-electron chi connectivity index (χ0n) is 24.3. The highest BCUT2D eigenvalue weighted by atomic mass is 19.4. The standard InChI is InChI=1S/C31H31F3N6O5/c1-20-26(23-6-2-3-7-24(23)45-31(32,33)34)38-39-27(20)30(42)37-21-9-11-22(12-10-21)44-25-8-4-13-35-28(25)29(41)36-14-5-15-40-16-18-43-19-17-40/h2-4,6-13,26H,5,14-19H2,1H3,(H,36,41)(H,37,42). The summed E-state index contributed by atoms with van der Waals surface area (Å²) in [5, 5.41) is 13.6. The molecule has 1 fully saturated rings. The lowest BCUT2D eigenvalue weighted by Crippen LogP contribution is -2.38. The Morgan fingerprint density at radius 2 is 1.73 bits per heavy atom. The van der Waals surface area contributed by atoms with Gasteiger partial charge in [0.2, 0.25) is 0 Å². The highest BCUT2D eigenvalue weighted by Crippen LogP contribution is 2.40. The molecule has 0 aliphatic carbocycles. The molecule has 2 aliphatic heterocycles. The van der Waals surface area contributed by atoms with Crippen molar-refractivity contribution in [1.82, 2.24) is 15.2 Å². The van der Waals surface area contributed by atoms with Crippen molar-refractivity contribution < 1.29 is 37.0 Å². The van der Waals surface area contributed by atoms with E-state index in [1.54, 1.807) is 49.4 Å². The van der Waals surface area contributed by atoms with E-state index < -0.39 is 24.1 Å². The van der Waals surface area contributed by atoms with Crippen molar-refractivity contribution in [1.29, 1.82) is 0 Å². The summed E-state index contributed by atoms with van der Waals surface area (Å²) in [6, 6.07) is 14.4. The number of nitrogens with one attached hydrogen (secondary N) is 2. The Morgan fingerprint density at radius 1 is 1.00 bits per heavy atom. The van der Waals surface area contributed by atoms with Gasteiger partial charge in [-0.05, 0) is 67.9 Å². The molecule has 2 aliphatic rings. The van der Waals surface area contributed by atoms with Crippen LogP contribution in [0.25, 0.3) is 0 Å². The Labute approximate surface area is 257 Å². The first-order chi connectivity index (χ1) is 21.7. The summed E-state index contributed by atoms with van der Waals surface area (Å²) >= 11 is 0. The Bertz CT molecular complexity index is 1570. The van der Waals surface area contributed by atoms with Gasteiger partial charge in [0.1, 0.15) is 17.5 Å². The maximum atomic E-state index is 13.0. The number of ether oxygens (including phenoxy) is 3. The summed E-state index contributed by atoms with van der Waals surface area (Å²) in [5.74, 6) is -0.672. The number of benzene rings is 2. The van der Waals surface area contributed by atoms with E-state index in [4.69, 9.17) is 9.47 Å². The molecule has 14 heteroatoms. The average Bonchev–Trinajstić information content (AvgIpc) is 3.41. The summed E-state index contributed by atoms with van der Waals surface area (Å²) in [6.45, 7) is 6.15. The van der Waals surface area contributed by atoms with Crippen LogP contribution in [0.15, 0.2) is 88.4 Å². The molecule has 1 saturated heterocycles. The second-order valence-electron chi connectivity index (χ2n) is 10.2. The number of carbonyl (C=O) groups is 2. The maximum absolute atomic E-state index is 13.0. The monoisotopic (exact) mass is 624 g/mol. The molecule has 11 nitrogen and oxygen atoms in total. The third-order valence-electron chi connectivity index (χ3n) is 7.08. The first kappa shape index (κ1) is 31.6. The van der Waals surface area contributed by atoms with Crippen LogP contribution in [-0.2, 0) is 9.53 Å². The second-order valence-corrected chi connectivity index (χ2v) is 10.2. The number of aromatic nitrogens is 1. The summed E-state index contributed by atoms with van der Waals surface area (Å²) in [4.78, 5) is 32.3. The summed E-state index contributed by atoms with van der Waals surface area (Å²) in [5.41, 5.74) is 1.05. The highest BCUT2D eigenvalue weighted by Gasteiger charge is 2.35. The van der Waals surface area contributed by atoms with E-state index in [2.05, 4.69) is 35.5 Å². The van der Waals surface area contributed by atoms with E-state index in [-0.39, 0.29) is 28.6 Å². The van der Waals surface area contributed by atoms with E-state index >= 15 is 0 Å². The normalized spacial score (nSPS) is 16.8. The second kappa shape index (κ2) is 14.3. The minimum atomic E-state index is -4.88. The summed E-state index contributed by atoms with van der Waals surface area (Å²) < 4.78 is 54.1. The van der Waals surface area contributed by atoms with Crippen molar-refractivity contribution in [2.24, 2.45) is 10.2 Å². The minimum absolute atomic E-state index is 0.0157. The maximum Gasteiger partial charge on any atom is 0.573 e. The van der Waals surface area contributed by atoms with Crippen molar-refractivity contribution in [3.8, 4) is 17.2 Å². The van der Waals surface area contributed by atoms with Crippen LogP contribution >= 0.6 is 0 Å². The number of rotatable bonds is 11. The Morgan fingerprint density at radius 3 is 2.49 bits per heavy atom. The molecule has 1 atom stereocenters. The Balaban J connectivity index is 1.17. The largest absolute Gasteiger partial charge is 0.573 e. The molecule has 2 N–H and O–H groups in total. The number of halogens is 3. The molecule has 0 radical (unpaired) electrons. The van der Waals surface area contributed by atoms with Crippen LogP contribution in [0.4, 0.5) is 18.9 Å². The van der Waals surface area contributed by atoms with Crippen LogP contribution in [0.5, 0.6) is 17.2 Å². The van der Waals surface area contributed by atoms with Crippen LogP contribution in [0.2, 0.25) is 0 Å². The van der Waals surface area contributed by atoms with Crippen molar-refractivity contribution in [2.75, 3.05) is 44.7 Å². The van der Waals surface area contributed by atoms with Gasteiger partial charge in [-0.1, -0.05) is 18.2 Å². The molecule has 1 aromatic heterocycles. The lowest BCUT2D eigenvalue weighted by molar-refractivity contribution is -0.274. The zero-order valence-corrected chi connectivity index (χ0v) is 24.3. The van der Waals surface area contributed by atoms with E-state index in [9.17, 15) is 22.8 Å². The van der Waals surface area contributed by atoms with Gasteiger partial charge in [-0.3, -0.25) is 14.5 Å². The Hall–Kier alpha value is -4.82. The van der Waals surface area contributed by atoms with Crippen LogP contribution in [-0.4, -0.2) is 67.5 Å². The molecule has 3 heterocycles. The molecule has 0 saturated carbocycles. The quantitative estimate of drug-likeness (QED) is 0.264. The first-order valence-electron chi connectivity index (χ1n) is 14.3. The number of para-hydroxylation sites is 1. The van der Waals surface area contributed by atoms with Crippen LogP contribution in [0.3, 0.4) is 0 Å². The topological polar surface area (TPSA) is 127 Å². The number of nitrogens with zero attached hydrogens (tertiary/aromatic N) is 4. The molecule has 2 aromatic carbocycles. The average molecular weight is 625 g/mol. The molecule has 3 aromatic rings. The summed E-state index contributed by atoms with van der Waals surface area (Å²) in [7, 11) is 0. The number of azo groups is 1. The van der Waals surface area contributed by atoms with Crippen molar-refractivity contribution >= 4 is 17.5 Å². The van der Waals surface area contributed by atoms with Gasteiger partial charge in [0.05, 0.1) is 13.2 Å². The van der Waals surface area contributed by atoms with E-state index in [1.807, 2.05) is 0 Å². The van der Waals surface area contributed by atoms with Crippen molar-refractivity contribution in [3.05, 3.63) is 89.4 Å². The van der Waals surface area contributed by atoms with Crippen LogP contribution < -0.4 is 20.1 Å². The molecule has 0 spiro atoms. The number of amides is 2. The third kappa shape index (κ3) is 8.42. The van der Waals surface area contributed by atoms with Gasteiger partial charge in [0.25, 0.3) is 11.8 Å². The first-order valence-corrected chi connectivity index (χ1v) is 14.3. The van der Waals surface area contributed by atoms with Gasteiger partial charge < -0.3 is 24.8 Å². The van der Waals surface area contributed by atoms with Gasteiger partial charge >= 0.3 is 6.36 Å². The van der Waals surface area contributed by atoms with Crippen molar-refractivity contribution in [3.63, 3.8) is 0 Å². The van der Waals surface area contributed by atoms with Gasteiger partial charge in [0, 0.05) is 37.1 Å². The van der Waals surface area contributed by atoms with E-state index in [1.165, 1.54) is 24.4 Å². The highest BCUT2D eigenvalue weighted by molar-refractivity contribution is 6.04. The van der Waals surface area contributed by atoms with Crippen LogP contribution in [0.1, 0.15) is 35.4 Å². The number of carbonyl (C=O) groups excluding carboxylic acids is 2. The number of anilines is 1. The molecule has 1 unspecified atom stereocenters. The lowest BCUT2D eigenvalue weighted by atomic mass is 9.99. The fraction of sp³-hybridized carbons (Fsp3) is 0.323. The van der Waals surface area contributed by atoms with Gasteiger partial charge in [-0.25, -0.2) is 4.98 Å². The molecular weight excluding hydrogens is 593 g/mol. The molecule has 0 bridgehead atoms. The molecule has 45 heavy (non-hydrogen) atoms. The number of morpholine rings is 1. The van der Waals surface area contributed by atoms with Gasteiger partial charge in [-0.2, -0.15) is 5.11 Å². The predicted molar refractivity (Wildman–Crippen MR) is 157 cm³/mol. The number of pyridine rings is 1. The number of alkyl halides is 3. The Kier molecular flexibility index (Phi) is 10.0. The fourth-order valence-electron chi connectivity index (χ4n) is 4.83. The molecule has 5 rings (SSSR count). The fourth-order valence-corrected chi connectivity index (χ4v) is 4.83. The molecular formula is C31H31F3N6O5. The van der Waals surface area contributed by atoms with Gasteiger partial charge in [-0.15, -0.1) is 18.3 Å². The van der Waals surface area contributed by atoms with Gasteiger partial charge in [0.15, 0.2) is 17.1 Å². The minimum Gasteiger partial charge on any atom is -0.455 e. The SMILES string of the molecule is CC1=C(C(=O)Nc2ccc(Oc3cccnc3C(=O)NCCCN3CCOCC3)cc2)N=NC1c1ccccc1OC(F)(F)F. The summed E-state index contributed by atoms with van der Waals surface area (Å²) in [6.07, 6.45) is -2.58. The van der Waals surface area contributed by atoms with Crippen molar-refractivity contribution in [2.45, 2.75) is 25.7 Å². The molecule has 2 amide bonds. The zero-order chi connectivity index (χ0) is 31.8. The molecule has 236 valence electrons. The van der Waals surface area contributed by atoms with E-state index in [0.717, 1.165) is 39.3 Å². The predicted octanol–water partition coefficient (Wildman–Crippen LogP) is 5.64. The third-order valence-corrected chi connectivity index (χ3v) is 7.08. The number of hydrogen-bond acceptors (Lipinski definition) is 9. The lowest BCUT2D eigenvalue weighted by Gasteiger charge is -2.26. The number of hydrogen-bond donors (Lipinski definition) is 2. The van der Waals surface area contributed by atoms with E-state index in [0.29, 0.717) is 23.6 Å².